The van der Waals surface area contributed by atoms with E-state index in [1.54, 1.807) is 0 Å². The highest BCUT2D eigenvalue weighted by molar-refractivity contribution is 5.25. The number of benzene rings is 1. The van der Waals surface area contributed by atoms with E-state index in [0.29, 0.717) is 12.2 Å². The van der Waals surface area contributed by atoms with Gasteiger partial charge in [0.05, 0.1) is 6.10 Å². The van der Waals surface area contributed by atoms with Crippen LogP contribution in [0.3, 0.4) is 0 Å². The predicted octanol–water partition coefficient (Wildman–Crippen LogP) is 3.04. The Bertz CT molecular complexity index is 455. The lowest BCUT2D eigenvalue weighted by Crippen LogP contribution is -2.58. The standard InChI is InChI=1S/C14H16F2O2/c15-10-4-3-9(7-11(10)16)18-13-8-12(17)14(13)5-1-2-6-14/h3-4,7,12-13,17H,1-2,5-6,8H2. The highest BCUT2D eigenvalue weighted by Crippen LogP contribution is 2.54. The third kappa shape index (κ3) is 1.70. The fourth-order valence-corrected chi connectivity index (χ4v) is 3.29. The number of aliphatic hydroxyl groups is 1. The highest BCUT2D eigenvalue weighted by atomic mass is 19.2. The summed E-state index contributed by atoms with van der Waals surface area (Å²) in [6, 6.07) is 3.58. The van der Waals surface area contributed by atoms with Gasteiger partial charge in [-0.2, -0.15) is 0 Å². The Hall–Kier alpha value is -1.16. The molecule has 0 aliphatic heterocycles. The Morgan fingerprint density at radius 2 is 1.89 bits per heavy atom. The molecule has 1 N–H and O–H groups in total. The van der Waals surface area contributed by atoms with E-state index in [0.717, 1.165) is 37.8 Å². The summed E-state index contributed by atoms with van der Waals surface area (Å²) in [6.45, 7) is 0. The molecule has 1 spiro atoms. The zero-order valence-corrected chi connectivity index (χ0v) is 10.0. The summed E-state index contributed by atoms with van der Waals surface area (Å²) in [7, 11) is 0. The van der Waals surface area contributed by atoms with Crippen molar-refractivity contribution in [1.82, 2.24) is 0 Å². The molecule has 0 radical (unpaired) electrons. The van der Waals surface area contributed by atoms with Crippen LogP contribution >= 0.6 is 0 Å². The minimum Gasteiger partial charge on any atom is -0.490 e. The van der Waals surface area contributed by atoms with Gasteiger partial charge in [-0.05, 0) is 25.0 Å². The Balaban J connectivity index is 1.75. The van der Waals surface area contributed by atoms with Crippen LogP contribution in [-0.2, 0) is 0 Å². The Morgan fingerprint density at radius 3 is 2.50 bits per heavy atom. The van der Waals surface area contributed by atoms with Crippen LogP contribution in [0.15, 0.2) is 18.2 Å². The minimum atomic E-state index is -0.896. The number of hydrogen-bond acceptors (Lipinski definition) is 2. The van der Waals surface area contributed by atoms with E-state index in [9.17, 15) is 13.9 Å². The molecule has 98 valence electrons. The van der Waals surface area contributed by atoms with E-state index in [2.05, 4.69) is 0 Å². The first-order valence-corrected chi connectivity index (χ1v) is 6.41. The molecule has 2 aliphatic carbocycles. The van der Waals surface area contributed by atoms with Gasteiger partial charge in [0.2, 0.25) is 0 Å². The lowest BCUT2D eigenvalue weighted by atomic mass is 9.62. The molecule has 0 amide bonds. The van der Waals surface area contributed by atoms with Gasteiger partial charge in [0.15, 0.2) is 11.6 Å². The van der Waals surface area contributed by atoms with Gasteiger partial charge >= 0.3 is 0 Å². The zero-order chi connectivity index (χ0) is 12.8. The molecule has 2 nitrogen and oxygen atoms in total. The molecule has 2 saturated carbocycles. The van der Waals surface area contributed by atoms with E-state index in [-0.39, 0.29) is 17.6 Å². The van der Waals surface area contributed by atoms with Crippen molar-refractivity contribution in [1.29, 1.82) is 0 Å². The van der Waals surface area contributed by atoms with Crippen LogP contribution in [0.2, 0.25) is 0 Å². The summed E-state index contributed by atoms with van der Waals surface area (Å²) in [6.07, 6.45) is 4.34. The molecule has 2 atom stereocenters. The monoisotopic (exact) mass is 254 g/mol. The molecule has 2 aliphatic rings. The van der Waals surface area contributed by atoms with Crippen molar-refractivity contribution >= 4 is 0 Å². The van der Waals surface area contributed by atoms with Crippen LogP contribution in [0.5, 0.6) is 5.75 Å². The SMILES string of the molecule is OC1CC(Oc2ccc(F)c(F)c2)C12CCCC2. The summed E-state index contributed by atoms with van der Waals surface area (Å²) in [5.41, 5.74) is -0.148. The fraction of sp³-hybridized carbons (Fsp3) is 0.571. The number of aliphatic hydroxyl groups excluding tert-OH is 1. The maximum atomic E-state index is 13.1. The third-order valence-electron chi connectivity index (χ3n) is 4.45. The smallest absolute Gasteiger partial charge is 0.162 e. The largest absolute Gasteiger partial charge is 0.490 e. The molecule has 0 saturated heterocycles. The predicted molar refractivity (Wildman–Crippen MR) is 62.3 cm³/mol. The maximum absolute atomic E-state index is 13.1. The summed E-state index contributed by atoms with van der Waals surface area (Å²) in [5.74, 6) is -1.42. The van der Waals surface area contributed by atoms with Gasteiger partial charge in [0.25, 0.3) is 0 Å². The summed E-state index contributed by atoms with van der Waals surface area (Å²) >= 11 is 0. The number of hydrogen-bond donors (Lipinski definition) is 1. The van der Waals surface area contributed by atoms with Crippen LogP contribution in [0, 0.1) is 17.0 Å². The molecule has 2 fully saturated rings. The normalized spacial score (nSPS) is 29.3. The lowest BCUT2D eigenvalue weighted by molar-refractivity contribution is -0.152. The minimum absolute atomic E-state index is 0.0696. The second-order valence-electron chi connectivity index (χ2n) is 5.37. The molecule has 2 unspecified atom stereocenters. The molecule has 0 aromatic heterocycles. The molecule has 4 heteroatoms. The van der Waals surface area contributed by atoms with Crippen molar-refractivity contribution in [3.05, 3.63) is 29.8 Å². The second-order valence-corrected chi connectivity index (χ2v) is 5.37. The molecular weight excluding hydrogens is 238 g/mol. The van der Waals surface area contributed by atoms with Gasteiger partial charge in [0, 0.05) is 17.9 Å². The van der Waals surface area contributed by atoms with E-state index in [4.69, 9.17) is 4.74 Å². The molecule has 1 aromatic rings. The van der Waals surface area contributed by atoms with Gasteiger partial charge in [-0.3, -0.25) is 0 Å². The first kappa shape index (κ1) is 11.9. The van der Waals surface area contributed by atoms with Gasteiger partial charge in [-0.25, -0.2) is 8.78 Å². The average molecular weight is 254 g/mol. The van der Waals surface area contributed by atoms with Crippen LogP contribution in [-0.4, -0.2) is 17.3 Å². The van der Waals surface area contributed by atoms with Crippen molar-refractivity contribution in [2.75, 3.05) is 0 Å². The van der Waals surface area contributed by atoms with Gasteiger partial charge in [0.1, 0.15) is 11.9 Å². The van der Waals surface area contributed by atoms with Crippen molar-refractivity contribution < 1.29 is 18.6 Å². The fourth-order valence-electron chi connectivity index (χ4n) is 3.29. The maximum Gasteiger partial charge on any atom is 0.162 e. The Morgan fingerprint density at radius 1 is 1.17 bits per heavy atom. The third-order valence-corrected chi connectivity index (χ3v) is 4.45. The van der Waals surface area contributed by atoms with Crippen LogP contribution < -0.4 is 4.74 Å². The molecule has 1 aromatic carbocycles. The van der Waals surface area contributed by atoms with Gasteiger partial charge in [-0.1, -0.05) is 12.8 Å². The number of halogens is 2. The van der Waals surface area contributed by atoms with Gasteiger partial charge in [-0.15, -0.1) is 0 Å². The van der Waals surface area contributed by atoms with E-state index in [1.807, 2.05) is 0 Å². The summed E-state index contributed by atoms with van der Waals surface area (Å²) in [4.78, 5) is 0. The van der Waals surface area contributed by atoms with Crippen molar-refractivity contribution in [3.8, 4) is 5.75 Å². The zero-order valence-electron chi connectivity index (χ0n) is 10.0. The van der Waals surface area contributed by atoms with E-state index < -0.39 is 11.6 Å². The van der Waals surface area contributed by atoms with E-state index in [1.165, 1.54) is 6.07 Å². The first-order valence-electron chi connectivity index (χ1n) is 6.41. The Labute approximate surface area is 105 Å². The summed E-state index contributed by atoms with van der Waals surface area (Å²) in [5, 5.41) is 9.93. The highest BCUT2D eigenvalue weighted by Gasteiger charge is 2.57. The molecule has 3 rings (SSSR count). The topological polar surface area (TPSA) is 29.5 Å². The van der Waals surface area contributed by atoms with E-state index >= 15 is 0 Å². The van der Waals surface area contributed by atoms with Crippen LogP contribution in [0.4, 0.5) is 8.78 Å². The van der Waals surface area contributed by atoms with Crippen LogP contribution in [0.25, 0.3) is 0 Å². The van der Waals surface area contributed by atoms with Crippen molar-refractivity contribution in [2.24, 2.45) is 5.41 Å². The Kier molecular flexibility index (Phi) is 2.77. The second kappa shape index (κ2) is 4.19. The number of ether oxygens (including phenoxy) is 1. The molecular formula is C14H16F2O2. The average Bonchev–Trinajstić information content (AvgIpc) is 2.85. The van der Waals surface area contributed by atoms with Crippen LogP contribution in [0.1, 0.15) is 32.1 Å². The quantitative estimate of drug-likeness (QED) is 0.879. The van der Waals surface area contributed by atoms with Crippen molar-refractivity contribution in [3.63, 3.8) is 0 Å². The molecule has 18 heavy (non-hydrogen) atoms. The van der Waals surface area contributed by atoms with Gasteiger partial charge < -0.3 is 9.84 Å². The molecule has 0 heterocycles. The van der Waals surface area contributed by atoms with Crippen molar-refractivity contribution in [2.45, 2.75) is 44.3 Å². The lowest BCUT2D eigenvalue weighted by Gasteiger charge is -2.51. The summed E-state index contributed by atoms with van der Waals surface area (Å²) < 4.78 is 31.6. The molecule has 0 bridgehead atoms. The first-order chi connectivity index (χ1) is 8.62. The number of rotatable bonds is 2.